The van der Waals surface area contributed by atoms with Crippen molar-refractivity contribution in [1.82, 2.24) is 4.72 Å². The van der Waals surface area contributed by atoms with Crippen LogP contribution >= 0.6 is 0 Å². The van der Waals surface area contributed by atoms with Gasteiger partial charge < -0.3 is 10.9 Å². The fourth-order valence-corrected chi connectivity index (χ4v) is 3.53. The minimum Gasteiger partial charge on any atom is -0.409 e. The van der Waals surface area contributed by atoms with E-state index in [1.165, 1.54) is 0 Å². The van der Waals surface area contributed by atoms with Crippen molar-refractivity contribution < 1.29 is 22.0 Å². The van der Waals surface area contributed by atoms with Crippen LogP contribution in [0.1, 0.15) is 6.92 Å². The van der Waals surface area contributed by atoms with Crippen LogP contribution < -0.4 is 10.5 Å². The Labute approximate surface area is 101 Å². The van der Waals surface area contributed by atoms with E-state index in [0.29, 0.717) is 0 Å². The van der Waals surface area contributed by atoms with Gasteiger partial charge in [-0.05, 0) is 0 Å². The summed E-state index contributed by atoms with van der Waals surface area (Å²) in [6.45, 7) is 1.51. The van der Waals surface area contributed by atoms with Crippen molar-refractivity contribution in [2.75, 3.05) is 24.3 Å². The highest BCUT2D eigenvalue weighted by Crippen LogP contribution is 1.95. The third-order valence-electron chi connectivity index (χ3n) is 1.95. The smallest absolute Gasteiger partial charge is 0.212 e. The number of nitrogens with one attached hydrogen (secondary N) is 1. The minimum atomic E-state index is -3.67. The second kappa shape index (κ2) is 6.17. The van der Waals surface area contributed by atoms with E-state index in [-0.39, 0.29) is 12.4 Å². The maximum atomic E-state index is 11.4. The van der Waals surface area contributed by atoms with Gasteiger partial charge in [-0.3, -0.25) is 0 Å². The minimum absolute atomic E-state index is 0.0536. The number of nitrogens with zero attached hydrogens (tertiary/aromatic N) is 1. The summed E-state index contributed by atoms with van der Waals surface area (Å²) in [5, 5.41) is 11.1. The van der Waals surface area contributed by atoms with E-state index in [9.17, 15) is 16.8 Å². The van der Waals surface area contributed by atoms with Gasteiger partial charge in [0.05, 0.1) is 11.5 Å². The topological polar surface area (TPSA) is 139 Å². The molecular weight excluding hydrogens is 270 g/mol. The van der Waals surface area contributed by atoms with Crippen LogP contribution in [0.5, 0.6) is 0 Å². The van der Waals surface area contributed by atoms with Crippen LogP contribution in [0.3, 0.4) is 0 Å². The molecule has 0 aromatic heterocycles. The summed E-state index contributed by atoms with van der Waals surface area (Å²) in [5.74, 6) is -1.53. The Hall–Kier alpha value is -0.870. The number of hydrogen-bond acceptors (Lipinski definition) is 6. The Morgan fingerprint density at radius 2 is 1.88 bits per heavy atom. The van der Waals surface area contributed by atoms with Gasteiger partial charge in [-0.25, -0.2) is 21.6 Å². The van der Waals surface area contributed by atoms with Crippen LogP contribution in [0.4, 0.5) is 0 Å². The summed E-state index contributed by atoms with van der Waals surface area (Å²) in [5.41, 5.74) is 5.26. The summed E-state index contributed by atoms with van der Waals surface area (Å²) >= 11 is 0. The Morgan fingerprint density at radius 3 is 2.29 bits per heavy atom. The summed E-state index contributed by atoms with van der Waals surface area (Å²) in [7, 11) is -7.00. The second-order valence-electron chi connectivity index (χ2n) is 3.72. The number of nitrogens with two attached hydrogens (primary N) is 1. The zero-order valence-electron chi connectivity index (χ0n) is 9.62. The number of amidine groups is 1. The van der Waals surface area contributed by atoms with Crippen molar-refractivity contribution in [2.24, 2.45) is 16.8 Å². The van der Waals surface area contributed by atoms with Crippen LogP contribution in [0.2, 0.25) is 0 Å². The first-order valence-corrected chi connectivity index (χ1v) is 8.41. The van der Waals surface area contributed by atoms with Crippen LogP contribution in [-0.2, 0) is 19.9 Å². The monoisotopic (exact) mass is 287 g/mol. The Kier molecular flexibility index (Phi) is 5.85. The van der Waals surface area contributed by atoms with Gasteiger partial charge in [-0.1, -0.05) is 12.1 Å². The Bertz CT molecular complexity index is 468. The molecule has 0 radical (unpaired) electrons. The predicted molar refractivity (Wildman–Crippen MR) is 64.1 cm³/mol. The Balaban J connectivity index is 4.30. The molecule has 4 N–H and O–H groups in total. The van der Waals surface area contributed by atoms with Gasteiger partial charge in [-0.2, -0.15) is 0 Å². The molecule has 17 heavy (non-hydrogen) atoms. The predicted octanol–water partition coefficient (Wildman–Crippen LogP) is -1.67. The highest BCUT2D eigenvalue weighted by Gasteiger charge is 2.16. The van der Waals surface area contributed by atoms with E-state index in [4.69, 9.17) is 10.9 Å². The number of oxime groups is 1. The highest BCUT2D eigenvalue weighted by atomic mass is 32.2. The molecule has 1 atom stereocenters. The van der Waals surface area contributed by atoms with E-state index in [0.717, 1.165) is 6.26 Å². The van der Waals surface area contributed by atoms with Crippen molar-refractivity contribution in [2.45, 2.75) is 6.92 Å². The molecule has 0 amide bonds. The third kappa shape index (κ3) is 7.94. The van der Waals surface area contributed by atoms with Gasteiger partial charge in [0.2, 0.25) is 10.0 Å². The highest BCUT2D eigenvalue weighted by molar-refractivity contribution is 7.93. The van der Waals surface area contributed by atoms with E-state index in [1.54, 1.807) is 6.92 Å². The molecule has 0 saturated heterocycles. The van der Waals surface area contributed by atoms with Crippen molar-refractivity contribution >= 4 is 25.7 Å². The fraction of sp³-hybridized carbons (Fsp3) is 0.857. The van der Waals surface area contributed by atoms with Crippen LogP contribution in [0.25, 0.3) is 0 Å². The summed E-state index contributed by atoms with van der Waals surface area (Å²) in [6.07, 6.45) is 0.960. The molecule has 102 valence electrons. The molecule has 0 aliphatic heterocycles. The molecule has 0 aliphatic carbocycles. The van der Waals surface area contributed by atoms with Gasteiger partial charge in [0.1, 0.15) is 15.7 Å². The molecule has 0 aromatic carbocycles. The SMILES string of the molecule is CC(CNS(=O)(=O)CCS(C)(=O)=O)C(N)=NO. The number of hydrogen-bond donors (Lipinski definition) is 3. The van der Waals surface area contributed by atoms with Gasteiger partial charge in [0.15, 0.2) is 0 Å². The first kappa shape index (κ1) is 16.1. The molecular formula is C7H17N3O5S2. The standard InChI is InChI=1S/C7H17N3O5S2/c1-6(7(8)10-11)5-9-17(14,15)4-3-16(2,12)13/h6,9,11H,3-5H2,1-2H3,(H2,8,10). The molecule has 1 unspecified atom stereocenters. The molecule has 0 saturated carbocycles. The normalized spacial score (nSPS) is 15.8. The quantitative estimate of drug-likeness (QED) is 0.221. The van der Waals surface area contributed by atoms with E-state index >= 15 is 0 Å². The summed E-state index contributed by atoms with van der Waals surface area (Å²) in [4.78, 5) is 0. The molecule has 0 fully saturated rings. The number of rotatable bonds is 7. The van der Waals surface area contributed by atoms with Crippen molar-refractivity contribution in [3.63, 3.8) is 0 Å². The Morgan fingerprint density at radius 1 is 1.35 bits per heavy atom. The first-order valence-electron chi connectivity index (χ1n) is 4.70. The van der Waals surface area contributed by atoms with Gasteiger partial charge in [0.25, 0.3) is 0 Å². The van der Waals surface area contributed by atoms with Crippen molar-refractivity contribution in [3.05, 3.63) is 0 Å². The summed E-state index contributed by atoms with van der Waals surface area (Å²) in [6, 6.07) is 0. The first-order chi connectivity index (χ1) is 7.57. The maximum absolute atomic E-state index is 11.4. The lowest BCUT2D eigenvalue weighted by Gasteiger charge is -2.11. The van der Waals surface area contributed by atoms with Crippen LogP contribution in [0.15, 0.2) is 5.16 Å². The maximum Gasteiger partial charge on any atom is 0.212 e. The molecule has 0 rings (SSSR count). The molecule has 0 heterocycles. The molecule has 10 heteroatoms. The lowest BCUT2D eigenvalue weighted by Crippen LogP contribution is -2.37. The molecule has 0 bridgehead atoms. The van der Waals surface area contributed by atoms with Gasteiger partial charge >= 0.3 is 0 Å². The number of sulfonamides is 1. The van der Waals surface area contributed by atoms with Gasteiger partial charge in [-0.15, -0.1) is 0 Å². The lowest BCUT2D eigenvalue weighted by molar-refractivity contribution is 0.314. The van der Waals surface area contributed by atoms with Crippen LogP contribution in [-0.4, -0.2) is 52.2 Å². The summed E-state index contributed by atoms with van der Waals surface area (Å²) < 4.78 is 46.5. The zero-order chi connectivity index (χ0) is 13.7. The molecule has 0 spiro atoms. The zero-order valence-corrected chi connectivity index (χ0v) is 11.3. The lowest BCUT2D eigenvalue weighted by atomic mass is 10.2. The molecule has 0 aliphatic rings. The van der Waals surface area contributed by atoms with Crippen molar-refractivity contribution in [1.29, 1.82) is 0 Å². The largest absolute Gasteiger partial charge is 0.409 e. The van der Waals surface area contributed by atoms with Gasteiger partial charge in [0, 0.05) is 18.7 Å². The second-order valence-corrected chi connectivity index (χ2v) is 7.91. The van der Waals surface area contributed by atoms with Crippen LogP contribution in [0, 0.1) is 5.92 Å². The molecule has 8 nitrogen and oxygen atoms in total. The van der Waals surface area contributed by atoms with E-state index < -0.39 is 37.3 Å². The average molecular weight is 287 g/mol. The number of sulfone groups is 1. The fourth-order valence-electron chi connectivity index (χ4n) is 0.788. The average Bonchev–Trinajstić information content (AvgIpc) is 2.21. The molecule has 0 aromatic rings. The van der Waals surface area contributed by atoms with E-state index in [2.05, 4.69) is 9.88 Å². The third-order valence-corrected chi connectivity index (χ3v) is 4.50. The van der Waals surface area contributed by atoms with E-state index in [1.807, 2.05) is 0 Å². The van der Waals surface area contributed by atoms with Crippen molar-refractivity contribution in [3.8, 4) is 0 Å².